The van der Waals surface area contributed by atoms with E-state index < -0.39 is 0 Å². The maximum absolute atomic E-state index is 6.04. The molecule has 1 heterocycles. The number of hydrogen-bond acceptors (Lipinski definition) is 2. The normalized spacial score (nSPS) is 11.9. The van der Waals surface area contributed by atoms with Crippen LogP contribution in [-0.2, 0) is 0 Å². The third-order valence-corrected chi connectivity index (χ3v) is 4.57. The molecule has 0 spiro atoms. The van der Waals surface area contributed by atoms with Gasteiger partial charge in [-0.25, -0.2) is 4.98 Å². The third kappa shape index (κ3) is 5.12. The van der Waals surface area contributed by atoms with E-state index >= 15 is 0 Å². The van der Waals surface area contributed by atoms with Gasteiger partial charge in [-0.3, -0.25) is 0 Å². The zero-order valence-electron chi connectivity index (χ0n) is 12.4. The zero-order chi connectivity index (χ0) is 15.2. The van der Waals surface area contributed by atoms with Crippen molar-refractivity contribution in [2.24, 2.45) is 5.92 Å². The second-order valence-electron chi connectivity index (χ2n) is 5.17. The highest BCUT2D eigenvalue weighted by Gasteiger charge is 2.12. The topological polar surface area (TPSA) is 12.9 Å². The molecule has 0 aliphatic carbocycles. The first-order chi connectivity index (χ1) is 10.0. The van der Waals surface area contributed by atoms with Crippen molar-refractivity contribution in [1.82, 2.24) is 4.98 Å². The Balaban J connectivity index is 2.17. The molecule has 0 aliphatic heterocycles. The number of nitrogens with zero attached hydrogens (tertiary/aromatic N) is 1. The predicted octanol–water partition coefficient (Wildman–Crippen LogP) is 5.21. The molecule has 0 fully saturated rings. The molecule has 1 atom stereocenters. The summed E-state index contributed by atoms with van der Waals surface area (Å²) in [4.78, 5) is 5.57. The lowest BCUT2D eigenvalue weighted by Crippen LogP contribution is -2.08. The molecule has 0 aliphatic rings. The standard InChI is InChI=1S/C18H18ClNS/c1-13(2)18(21-17-9-5-7-15(19)12-17)11-10-16-8-4-6-14(3)20-16/h4-9,12-13,18H,1-3H3. The van der Waals surface area contributed by atoms with Crippen LogP contribution < -0.4 is 0 Å². The number of hydrogen-bond donors (Lipinski definition) is 0. The average molecular weight is 316 g/mol. The quantitative estimate of drug-likeness (QED) is 0.569. The van der Waals surface area contributed by atoms with Crippen LogP contribution in [0.1, 0.15) is 25.2 Å². The molecule has 0 N–H and O–H groups in total. The van der Waals surface area contributed by atoms with Gasteiger partial charge in [-0.1, -0.05) is 43.5 Å². The van der Waals surface area contributed by atoms with Crippen LogP contribution in [0.3, 0.4) is 0 Å². The minimum absolute atomic E-state index is 0.214. The van der Waals surface area contributed by atoms with Crippen LogP contribution in [0.5, 0.6) is 0 Å². The summed E-state index contributed by atoms with van der Waals surface area (Å²) in [7, 11) is 0. The number of rotatable bonds is 3. The van der Waals surface area contributed by atoms with E-state index in [9.17, 15) is 0 Å². The number of pyridine rings is 1. The van der Waals surface area contributed by atoms with Crippen molar-refractivity contribution in [3.05, 3.63) is 58.9 Å². The van der Waals surface area contributed by atoms with Crippen LogP contribution in [-0.4, -0.2) is 10.2 Å². The van der Waals surface area contributed by atoms with E-state index in [0.717, 1.165) is 21.3 Å². The first kappa shape index (κ1) is 15.9. The fourth-order valence-electron chi connectivity index (χ4n) is 1.78. The van der Waals surface area contributed by atoms with Gasteiger partial charge in [0.05, 0.1) is 5.25 Å². The third-order valence-electron chi connectivity index (χ3n) is 2.90. The van der Waals surface area contributed by atoms with Gasteiger partial charge in [0.15, 0.2) is 0 Å². The Labute approximate surface area is 136 Å². The predicted molar refractivity (Wildman–Crippen MR) is 91.8 cm³/mol. The largest absolute Gasteiger partial charge is 0.245 e. The fraction of sp³-hybridized carbons (Fsp3) is 0.278. The van der Waals surface area contributed by atoms with Crippen molar-refractivity contribution in [1.29, 1.82) is 0 Å². The molecule has 1 nitrogen and oxygen atoms in total. The molecule has 2 aromatic rings. The molecule has 1 aromatic heterocycles. The van der Waals surface area contributed by atoms with Crippen molar-refractivity contribution in [3.63, 3.8) is 0 Å². The van der Waals surface area contributed by atoms with Crippen LogP contribution in [0.2, 0.25) is 5.02 Å². The van der Waals surface area contributed by atoms with Gasteiger partial charge in [0.25, 0.3) is 0 Å². The molecule has 0 amide bonds. The highest BCUT2D eigenvalue weighted by molar-refractivity contribution is 8.00. The Morgan fingerprint density at radius 2 is 1.90 bits per heavy atom. The minimum atomic E-state index is 0.214. The summed E-state index contributed by atoms with van der Waals surface area (Å²) in [6.45, 7) is 6.34. The van der Waals surface area contributed by atoms with Crippen LogP contribution in [0, 0.1) is 24.7 Å². The first-order valence-corrected chi connectivity index (χ1v) is 8.18. The number of benzene rings is 1. The molecule has 1 aromatic carbocycles. The van der Waals surface area contributed by atoms with Gasteiger partial charge in [-0.15, -0.1) is 11.8 Å². The average Bonchev–Trinajstić information content (AvgIpc) is 2.43. The molecule has 21 heavy (non-hydrogen) atoms. The highest BCUT2D eigenvalue weighted by Crippen LogP contribution is 2.29. The van der Waals surface area contributed by atoms with Crippen molar-refractivity contribution < 1.29 is 0 Å². The lowest BCUT2D eigenvalue weighted by Gasteiger charge is -2.14. The monoisotopic (exact) mass is 315 g/mol. The van der Waals surface area contributed by atoms with E-state index in [1.165, 1.54) is 0 Å². The van der Waals surface area contributed by atoms with Crippen molar-refractivity contribution >= 4 is 23.4 Å². The molecule has 2 rings (SSSR count). The molecule has 0 saturated heterocycles. The summed E-state index contributed by atoms with van der Waals surface area (Å²) in [6.07, 6.45) is 0. The molecule has 3 heteroatoms. The Kier molecular flexibility index (Phi) is 5.73. The number of aromatic nitrogens is 1. The lowest BCUT2D eigenvalue weighted by molar-refractivity contribution is 0.689. The highest BCUT2D eigenvalue weighted by atomic mass is 35.5. The van der Waals surface area contributed by atoms with Gasteiger partial charge in [0, 0.05) is 15.6 Å². The summed E-state index contributed by atoms with van der Waals surface area (Å²) in [5.41, 5.74) is 1.82. The molecule has 0 radical (unpaired) electrons. The maximum atomic E-state index is 6.04. The van der Waals surface area contributed by atoms with Crippen molar-refractivity contribution in [2.75, 3.05) is 0 Å². The Morgan fingerprint density at radius 1 is 1.14 bits per heavy atom. The van der Waals surface area contributed by atoms with E-state index in [1.54, 1.807) is 11.8 Å². The van der Waals surface area contributed by atoms with Gasteiger partial charge in [0.1, 0.15) is 5.69 Å². The van der Waals surface area contributed by atoms with Crippen LogP contribution in [0.15, 0.2) is 47.4 Å². The molecule has 0 saturated carbocycles. The molecular formula is C18H18ClNS. The van der Waals surface area contributed by atoms with Crippen molar-refractivity contribution in [3.8, 4) is 11.8 Å². The molecule has 0 bridgehead atoms. The summed E-state index contributed by atoms with van der Waals surface area (Å²) in [5, 5.41) is 0.974. The van der Waals surface area contributed by atoms with Crippen LogP contribution in [0.4, 0.5) is 0 Å². The van der Waals surface area contributed by atoms with E-state index in [1.807, 2.05) is 43.3 Å². The number of aryl methyl sites for hydroxylation is 1. The van der Waals surface area contributed by atoms with Crippen LogP contribution in [0.25, 0.3) is 0 Å². The van der Waals surface area contributed by atoms with E-state index in [2.05, 4.69) is 36.7 Å². The lowest BCUT2D eigenvalue weighted by atomic mass is 10.1. The number of halogens is 1. The van der Waals surface area contributed by atoms with Gasteiger partial charge in [-0.05, 0) is 49.1 Å². The summed E-state index contributed by atoms with van der Waals surface area (Å²) in [5.74, 6) is 6.98. The summed E-state index contributed by atoms with van der Waals surface area (Å²) in [6, 6.07) is 13.8. The van der Waals surface area contributed by atoms with Gasteiger partial charge in [-0.2, -0.15) is 0 Å². The first-order valence-electron chi connectivity index (χ1n) is 6.92. The molecular weight excluding hydrogens is 298 g/mol. The smallest absolute Gasteiger partial charge is 0.113 e. The second kappa shape index (κ2) is 7.54. The SMILES string of the molecule is Cc1cccc(C#CC(Sc2cccc(Cl)c2)C(C)C)n1. The maximum Gasteiger partial charge on any atom is 0.113 e. The van der Waals surface area contributed by atoms with Crippen molar-refractivity contribution in [2.45, 2.75) is 30.9 Å². The van der Waals surface area contributed by atoms with E-state index in [-0.39, 0.29) is 5.25 Å². The molecule has 1 unspecified atom stereocenters. The fourth-order valence-corrected chi connectivity index (χ4v) is 3.07. The zero-order valence-corrected chi connectivity index (χ0v) is 14.0. The van der Waals surface area contributed by atoms with Crippen LogP contribution >= 0.6 is 23.4 Å². The molecule has 108 valence electrons. The Hall–Kier alpha value is -1.43. The number of thioether (sulfide) groups is 1. The Bertz CT molecular complexity index is 670. The Morgan fingerprint density at radius 3 is 2.57 bits per heavy atom. The van der Waals surface area contributed by atoms with Gasteiger partial charge in [0.2, 0.25) is 0 Å². The van der Waals surface area contributed by atoms with Gasteiger partial charge >= 0.3 is 0 Å². The summed E-state index contributed by atoms with van der Waals surface area (Å²) >= 11 is 7.79. The van der Waals surface area contributed by atoms with E-state index in [4.69, 9.17) is 11.6 Å². The summed E-state index contributed by atoms with van der Waals surface area (Å²) < 4.78 is 0. The minimum Gasteiger partial charge on any atom is -0.245 e. The second-order valence-corrected chi connectivity index (χ2v) is 6.82. The van der Waals surface area contributed by atoms with E-state index in [0.29, 0.717) is 5.92 Å². The van der Waals surface area contributed by atoms with Gasteiger partial charge < -0.3 is 0 Å².